The molecule has 0 radical (unpaired) electrons. The molecule has 0 amide bonds. The average molecular weight is 174 g/mol. The minimum absolute atomic E-state index is 0.0116. The Labute approximate surface area is 67.1 Å². The highest BCUT2D eigenvalue weighted by Crippen LogP contribution is 2.15. The molecule has 10 heavy (non-hydrogen) atoms. The topological polar surface area (TPSA) is 29.4 Å². The van der Waals surface area contributed by atoms with Crippen LogP contribution in [-0.4, -0.2) is 0 Å². The van der Waals surface area contributed by atoms with Crippen LogP contribution >= 0.6 is 22.9 Å². The van der Waals surface area contributed by atoms with E-state index in [4.69, 9.17) is 11.6 Å². The van der Waals surface area contributed by atoms with Crippen molar-refractivity contribution in [3.63, 3.8) is 0 Å². The molecule has 1 aromatic rings. The minimum atomic E-state index is -0.0116. The van der Waals surface area contributed by atoms with Crippen LogP contribution in [0.2, 0.25) is 0 Å². The van der Waals surface area contributed by atoms with Crippen molar-refractivity contribution in [2.75, 3.05) is 0 Å². The fraction of sp³-hybridized carbons (Fsp3) is 0. The van der Waals surface area contributed by atoms with Crippen LogP contribution < -0.4 is 0 Å². The predicted octanol–water partition coefficient (Wildman–Crippen LogP) is 3.05. The third-order valence-electron chi connectivity index (χ3n) is 0.892. The summed E-state index contributed by atoms with van der Waals surface area (Å²) >= 11 is 6.85. The standard InChI is InChI=1S/C6H4ClNOS/c7-6(8-9)4-5-2-1-3-10-5/h1-4H. The van der Waals surface area contributed by atoms with Crippen molar-refractivity contribution in [3.05, 3.63) is 32.5 Å². The van der Waals surface area contributed by atoms with E-state index < -0.39 is 0 Å². The average Bonchev–Trinajstić information content (AvgIpc) is 2.40. The second kappa shape index (κ2) is 3.49. The highest BCUT2D eigenvalue weighted by molar-refractivity contribution is 7.10. The van der Waals surface area contributed by atoms with Gasteiger partial charge in [0.15, 0.2) is 5.16 Å². The molecule has 1 rings (SSSR count). The molecule has 2 nitrogen and oxygen atoms in total. The molecule has 0 saturated carbocycles. The molecule has 0 aromatic carbocycles. The van der Waals surface area contributed by atoms with Crippen molar-refractivity contribution in [2.24, 2.45) is 5.18 Å². The summed E-state index contributed by atoms with van der Waals surface area (Å²) in [5.74, 6) is 0. The number of thiophene rings is 1. The number of nitrogens with zero attached hydrogens (tertiary/aromatic N) is 1. The summed E-state index contributed by atoms with van der Waals surface area (Å²) < 4.78 is 0. The van der Waals surface area contributed by atoms with Gasteiger partial charge >= 0.3 is 0 Å². The molecule has 0 aliphatic heterocycles. The van der Waals surface area contributed by atoms with Crippen molar-refractivity contribution in [1.82, 2.24) is 0 Å². The van der Waals surface area contributed by atoms with Gasteiger partial charge in [0.1, 0.15) is 0 Å². The van der Waals surface area contributed by atoms with Gasteiger partial charge in [0.25, 0.3) is 0 Å². The van der Waals surface area contributed by atoms with Crippen molar-refractivity contribution in [1.29, 1.82) is 0 Å². The van der Waals surface area contributed by atoms with Crippen molar-refractivity contribution < 1.29 is 0 Å². The van der Waals surface area contributed by atoms with Gasteiger partial charge in [-0.3, -0.25) is 0 Å². The summed E-state index contributed by atoms with van der Waals surface area (Å²) in [6.07, 6.45) is 1.53. The molecule has 0 saturated heterocycles. The third kappa shape index (κ3) is 1.93. The van der Waals surface area contributed by atoms with E-state index in [0.29, 0.717) is 0 Å². The lowest BCUT2D eigenvalue weighted by atomic mass is 10.4. The molecule has 0 aliphatic carbocycles. The molecule has 0 atom stereocenters. The van der Waals surface area contributed by atoms with E-state index >= 15 is 0 Å². The molecular formula is C6H4ClNOS. The van der Waals surface area contributed by atoms with Crippen LogP contribution in [-0.2, 0) is 0 Å². The van der Waals surface area contributed by atoms with Crippen molar-refractivity contribution in [3.8, 4) is 0 Å². The summed E-state index contributed by atoms with van der Waals surface area (Å²) in [6.45, 7) is 0. The zero-order valence-corrected chi connectivity index (χ0v) is 6.52. The maximum absolute atomic E-state index is 9.79. The van der Waals surface area contributed by atoms with Gasteiger partial charge in [-0.05, 0) is 22.7 Å². The van der Waals surface area contributed by atoms with Crippen molar-refractivity contribution >= 4 is 29.0 Å². The number of nitroso groups, excluding NO2 is 1. The Bertz CT molecular complexity index is 242. The Kier molecular flexibility index (Phi) is 2.59. The van der Waals surface area contributed by atoms with Crippen LogP contribution in [0.3, 0.4) is 0 Å². The van der Waals surface area contributed by atoms with Crippen LogP contribution in [0, 0.1) is 4.91 Å². The minimum Gasteiger partial charge on any atom is -0.144 e. The van der Waals surface area contributed by atoms with Gasteiger partial charge in [-0.25, -0.2) is 0 Å². The van der Waals surface area contributed by atoms with E-state index in [-0.39, 0.29) is 5.16 Å². The molecule has 4 heteroatoms. The van der Waals surface area contributed by atoms with Crippen LogP contribution in [0.4, 0.5) is 0 Å². The molecule has 0 bridgehead atoms. The first-order valence-electron chi connectivity index (χ1n) is 2.57. The van der Waals surface area contributed by atoms with Gasteiger partial charge in [-0.15, -0.1) is 16.2 Å². The Morgan fingerprint density at radius 3 is 3.10 bits per heavy atom. The highest BCUT2D eigenvalue weighted by atomic mass is 35.5. The SMILES string of the molecule is O=NC(Cl)=Cc1cccs1. The first-order valence-corrected chi connectivity index (χ1v) is 3.83. The maximum atomic E-state index is 9.79. The van der Waals surface area contributed by atoms with Crippen LogP contribution in [0.5, 0.6) is 0 Å². The van der Waals surface area contributed by atoms with E-state index in [9.17, 15) is 4.91 Å². The van der Waals surface area contributed by atoms with Gasteiger partial charge < -0.3 is 0 Å². The Morgan fingerprint density at radius 1 is 1.80 bits per heavy atom. The van der Waals surface area contributed by atoms with Crippen molar-refractivity contribution in [2.45, 2.75) is 0 Å². The van der Waals surface area contributed by atoms with Gasteiger partial charge in [0.05, 0.1) is 0 Å². The summed E-state index contributed by atoms with van der Waals surface area (Å²) in [5.41, 5.74) is 0. The van der Waals surface area contributed by atoms with Crippen LogP contribution in [0.15, 0.2) is 27.8 Å². The molecule has 0 fully saturated rings. The molecular weight excluding hydrogens is 170 g/mol. The number of hydrogen-bond donors (Lipinski definition) is 0. The van der Waals surface area contributed by atoms with Crippen LogP contribution in [0.25, 0.3) is 6.08 Å². The van der Waals surface area contributed by atoms with E-state index in [1.807, 2.05) is 17.5 Å². The molecule has 1 heterocycles. The van der Waals surface area contributed by atoms with E-state index in [1.54, 1.807) is 0 Å². The Hall–Kier alpha value is -0.670. The summed E-state index contributed by atoms with van der Waals surface area (Å²) in [5, 5.41) is 4.44. The molecule has 1 aromatic heterocycles. The van der Waals surface area contributed by atoms with Gasteiger partial charge in [0, 0.05) is 4.88 Å². The lowest BCUT2D eigenvalue weighted by molar-refractivity contribution is 1.51. The van der Waals surface area contributed by atoms with E-state index in [0.717, 1.165) is 4.88 Å². The van der Waals surface area contributed by atoms with Gasteiger partial charge in [-0.2, -0.15) is 0 Å². The predicted molar refractivity (Wildman–Crippen MR) is 43.9 cm³/mol. The van der Waals surface area contributed by atoms with Crippen LogP contribution in [0.1, 0.15) is 4.88 Å². The van der Waals surface area contributed by atoms with Gasteiger partial charge in [0.2, 0.25) is 0 Å². The highest BCUT2D eigenvalue weighted by Gasteiger charge is 1.91. The lowest BCUT2D eigenvalue weighted by Crippen LogP contribution is -1.59. The summed E-state index contributed by atoms with van der Waals surface area (Å²) in [6, 6.07) is 3.74. The zero-order valence-electron chi connectivity index (χ0n) is 4.95. The van der Waals surface area contributed by atoms with E-state index in [1.165, 1.54) is 17.4 Å². The normalized spacial score (nSPS) is 11.5. The smallest absolute Gasteiger partial charge is 0.144 e. The quantitative estimate of drug-likeness (QED) is 0.499. The summed E-state index contributed by atoms with van der Waals surface area (Å²) in [4.78, 5) is 10.7. The monoisotopic (exact) mass is 173 g/mol. The first kappa shape index (κ1) is 7.44. The molecule has 0 spiro atoms. The largest absolute Gasteiger partial charge is 0.174 e. The molecule has 0 unspecified atom stereocenters. The summed E-state index contributed by atoms with van der Waals surface area (Å²) in [7, 11) is 0. The van der Waals surface area contributed by atoms with Gasteiger partial charge in [-0.1, -0.05) is 17.7 Å². The second-order valence-electron chi connectivity index (χ2n) is 1.57. The zero-order chi connectivity index (χ0) is 7.40. The first-order chi connectivity index (χ1) is 4.83. The number of halogens is 1. The molecule has 0 aliphatic rings. The number of hydrogen-bond acceptors (Lipinski definition) is 3. The maximum Gasteiger partial charge on any atom is 0.174 e. The Balaban J connectivity index is 2.80. The van der Waals surface area contributed by atoms with E-state index in [2.05, 4.69) is 5.18 Å². The molecule has 0 N–H and O–H groups in total. The number of rotatable bonds is 2. The lowest BCUT2D eigenvalue weighted by Gasteiger charge is -1.80. The fourth-order valence-corrected chi connectivity index (χ4v) is 1.35. The second-order valence-corrected chi connectivity index (χ2v) is 2.94. The fourth-order valence-electron chi connectivity index (χ4n) is 0.517. The third-order valence-corrected chi connectivity index (χ3v) is 1.89. The Morgan fingerprint density at radius 2 is 2.60 bits per heavy atom. The molecule has 52 valence electrons.